The number of esters is 1. The molecular weight excluding hydrogens is 376 g/mol. The lowest BCUT2D eigenvalue weighted by Crippen LogP contribution is -2.55. The van der Waals surface area contributed by atoms with E-state index < -0.39 is 0 Å². The van der Waals surface area contributed by atoms with Crippen molar-refractivity contribution in [3.05, 3.63) is 34.4 Å². The minimum Gasteiger partial charge on any atom is -0.495 e. The van der Waals surface area contributed by atoms with Gasteiger partial charge in [-0.25, -0.2) is 0 Å². The third-order valence-corrected chi connectivity index (χ3v) is 6.08. The molecule has 0 radical (unpaired) electrons. The topological polar surface area (TPSA) is 50.8 Å². The van der Waals surface area contributed by atoms with E-state index >= 15 is 0 Å². The number of carbonyl (C=O) groups is 1. The summed E-state index contributed by atoms with van der Waals surface area (Å²) in [6, 6.07) is 5.37. The smallest absolute Gasteiger partial charge is 0.325 e. The molecule has 0 amide bonds. The first-order chi connectivity index (χ1) is 13.4. The van der Waals surface area contributed by atoms with Gasteiger partial charge in [-0.15, -0.1) is 0 Å². The van der Waals surface area contributed by atoms with Crippen LogP contribution in [0.3, 0.4) is 0 Å². The largest absolute Gasteiger partial charge is 0.495 e. The second-order valence-corrected chi connectivity index (χ2v) is 8.51. The molecule has 0 bridgehead atoms. The lowest BCUT2D eigenvalue weighted by molar-refractivity contribution is -0.151. The zero-order chi connectivity index (χ0) is 20.3. The Morgan fingerprint density at radius 1 is 1.32 bits per heavy atom. The zero-order valence-electron chi connectivity index (χ0n) is 17.3. The van der Waals surface area contributed by atoms with Crippen LogP contribution in [0.1, 0.15) is 40.0 Å². The average Bonchev–Trinajstić information content (AvgIpc) is 2.68. The quantitative estimate of drug-likeness (QED) is 0.600. The molecule has 1 aromatic rings. The highest BCUT2D eigenvalue weighted by Gasteiger charge is 2.32. The van der Waals surface area contributed by atoms with Gasteiger partial charge in [-0.3, -0.25) is 4.79 Å². The van der Waals surface area contributed by atoms with E-state index in [0.717, 1.165) is 31.6 Å². The van der Waals surface area contributed by atoms with E-state index in [1.165, 1.54) is 17.6 Å². The molecule has 1 unspecified atom stereocenters. The summed E-state index contributed by atoms with van der Waals surface area (Å²) in [6.07, 6.45) is 3.02. The minimum atomic E-state index is -0.342. The summed E-state index contributed by atoms with van der Waals surface area (Å²) in [6.45, 7) is 8.56. The van der Waals surface area contributed by atoms with Crippen molar-refractivity contribution in [1.29, 1.82) is 0 Å². The molecule has 1 heterocycles. The number of hydrogen-bond donors (Lipinski definition) is 1. The zero-order valence-corrected chi connectivity index (χ0v) is 18.0. The number of benzene rings is 1. The van der Waals surface area contributed by atoms with Crippen LogP contribution in [0.15, 0.2) is 29.3 Å². The number of nitrogens with zero attached hydrogens (tertiary/aromatic N) is 1. The van der Waals surface area contributed by atoms with Gasteiger partial charge in [0.1, 0.15) is 17.9 Å². The Bertz CT molecular complexity index is 745. The lowest BCUT2D eigenvalue weighted by Gasteiger charge is -2.36. The monoisotopic (exact) mass is 406 g/mol. The molecule has 1 aliphatic heterocycles. The Morgan fingerprint density at radius 2 is 2.11 bits per heavy atom. The summed E-state index contributed by atoms with van der Waals surface area (Å²) in [4.78, 5) is 15.1. The number of nitrogens with one attached hydrogen (secondary N) is 1. The molecular formula is C22H31ClN2O3. The van der Waals surface area contributed by atoms with E-state index in [1.807, 2.05) is 18.2 Å². The molecule has 2 aliphatic rings. The maximum atomic E-state index is 12.9. The fraction of sp³-hybridized carbons (Fsp3) is 0.591. The van der Waals surface area contributed by atoms with Gasteiger partial charge < -0.3 is 19.7 Å². The highest BCUT2D eigenvalue weighted by molar-refractivity contribution is 6.32. The van der Waals surface area contributed by atoms with Gasteiger partial charge in [0.05, 0.1) is 12.1 Å². The number of carbonyl (C=O) groups excluding carboxylic acids is 1. The molecule has 3 rings (SSSR count). The van der Waals surface area contributed by atoms with Crippen molar-refractivity contribution in [1.82, 2.24) is 5.32 Å². The van der Waals surface area contributed by atoms with Crippen molar-refractivity contribution < 1.29 is 14.3 Å². The normalized spacial score (nSPS) is 25.4. The van der Waals surface area contributed by atoms with E-state index in [-0.39, 0.29) is 18.1 Å². The van der Waals surface area contributed by atoms with Crippen LogP contribution in [0.25, 0.3) is 0 Å². The predicted molar refractivity (Wildman–Crippen MR) is 113 cm³/mol. The molecule has 0 spiro atoms. The summed E-state index contributed by atoms with van der Waals surface area (Å²) in [5.41, 5.74) is 3.56. The van der Waals surface area contributed by atoms with Crippen LogP contribution in [0.5, 0.6) is 5.75 Å². The Balaban J connectivity index is 1.68. The molecule has 5 nitrogen and oxygen atoms in total. The highest BCUT2D eigenvalue weighted by atomic mass is 35.5. The molecule has 3 atom stereocenters. The number of piperazine rings is 1. The average molecular weight is 407 g/mol. The van der Waals surface area contributed by atoms with Gasteiger partial charge in [0, 0.05) is 31.4 Å². The van der Waals surface area contributed by atoms with E-state index in [4.69, 9.17) is 21.1 Å². The van der Waals surface area contributed by atoms with Crippen molar-refractivity contribution in [3.63, 3.8) is 0 Å². The van der Waals surface area contributed by atoms with Gasteiger partial charge >= 0.3 is 5.97 Å². The molecule has 1 N–H and O–H groups in total. The number of methoxy groups -OCH3 is 1. The van der Waals surface area contributed by atoms with Gasteiger partial charge in [-0.05, 0) is 56.7 Å². The Hall–Kier alpha value is -1.72. The third-order valence-electron chi connectivity index (χ3n) is 5.77. The maximum absolute atomic E-state index is 12.9. The van der Waals surface area contributed by atoms with Gasteiger partial charge in [-0.2, -0.15) is 0 Å². The van der Waals surface area contributed by atoms with Gasteiger partial charge in [0.15, 0.2) is 0 Å². The highest BCUT2D eigenvalue weighted by Crippen LogP contribution is 2.33. The molecule has 2 fully saturated rings. The summed E-state index contributed by atoms with van der Waals surface area (Å²) >= 11 is 6.14. The van der Waals surface area contributed by atoms with Crippen molar-refractivity contribution in [2.45, 2.75) is 52.2 Å². The SMILES string of the molecule is COc1cc(N2CCNC(C(=O)O[C@@H]3C[C@H](C)CCC3=C(C)C)C2)ccc1Cl. The first-order valence-corrected chi connectivity index (χ1v) is 10.5. The van der Waals surface area contributed by atoms with Crippen LogP contribution in [0.4, 0.5) is 5.69 Å². The second-order valence-electron chi connectivity index (χ2n) is 8.10. The van der Waals surface area contributed by atoms with Gasteiger partial charge in [0.25, 0.3) is 0 Å². The fourth-order valence-corrected chi connectivity index (χ4v) is 4.28. The van der Waals surface area contributed by atoms with Gasteiger partial charge in [0.2, 0.25) is 0 Å². The van der Waals surface area contributed by atoms with Crippen LogP contribution in [-0.4, -0.2) is 44.9 Å². The molecule has 6 heteroatoms. The summed E-state index contributed by atoms with van der Waals surface area (Å²) < 4.78 is 11.3. The van der Waals surface area contributed by atoms with Crippen LogP contribution in [0.2, 0.25) is 5.02 Å². The molecule has 1 saturated carbocycles. The number of ether oxygens (including phenoxy) is 2. The first-order valence-electron chi connectivity index (χ1n) is 10.1. The second kappa shape index (κ2) is 9.19. The molecule has 154 valence electrons. The van der Waals surface area contributed by atoms with Crippen LogP contribution >= 0.6 is 11.6 Å². The number of rotatable bonds is 4. The predicted octanol–water partition coefficient (Wildman–Crippen LogP) is 4.20. The van der Waals surface area contributed by atoms with Crippen LogP contribution in [-0.2, 0) is 9.53 Å². The Morgan fingerprint density at radius 3 is 2.82 bits per heavy atom. The minimum absolute atomic E-state index is 0.0888. The molecule has 0 aromatic heterocycles. The Kier molecular flexibility index (Phi) is 6.89. The number of hydrogen-bond acceptors (Lipinski definition) is 5. The van der Waals surface area contributed by atoms with Crippen molar-refractivity contribution >= 4 is 23.3 Å². The third kappa shape index (κ3) is 4.81. The molecule has 1 aromatic carbocycles. The van der Waals surface area contributed by atoms with Crippen molar-refractivity contribution in [2.24, 2.45) is 5.92 Å². The van der Waals surface area contributed by atoms with Crippen molar-refractivity contribution in [3.8, 4) is 5.75 Å². The van der Waals surface area contributed by atoms with Gasteiger partial charge in [-0.1, -0.05) is 24.1 Å². The lowest BCUT2D eigenvalue weighted by atomic mass is 9.83. The summed E-state index contributed by atoms with van der Waals surface area (Å²) in [5, 5.41) is 3.90. The van der Waals surface area contributed by atoms with E-state index in [1.54, 1.807) is 7.11 Å². The number of halogens is 1. The van der Waals surface area contributed by atoms with E-state index in [2.05, 4.69) is 31.0 Å². The van der Waals surface area contributed by atoms with Crippen molar-refractivity contribution in [2.75, 3.05) is 31.6 Å². The number of allylic oxidation sites excluding steroid dienone is 1. The summed E-state index contributed by atoms with van der Waals surface area (Å²) in [7, 11) is 1.61. The molecule has 28 heavy (non-hydrogen) atoms. The van der Waals surface area contributed by atoms with Crippen LogP contribution in [0, 0.1) is 5.92 Å². The van der Waals surface area contributed by atoms with Crippen LogP contribution < -0.4 is 15.0 Å². The standard InChI is InChI=1S/C22H31ClN2O3/c1-14(2)17-7-5-15(3)11-20(17)28-22(26)19-13-25(10-9-24-19)16-6-8-18(23)21(12-16)27-4/h6,8,12,15,19-20,24H,5,7,9-11,13H2,1-4H3/t15-,19?,20-/m1/s1. The number of anilines is 1. The maximum Gasteiger partial charge on any atom is 0.325 e. The van der Waals surface area contributed by atoms with E-state index in [9.17, 15) is 4.79 Å². The first kappa shape index (κ1) is 21.0. The van der Waals surface area contributed by atoms with E-state index in [0.29, 0.717) is 23.2 Å². The fourth-order valence-electron chi connectivity index (χ4n) is 4.09. The molecule has 1 aliphatic carbocycles. The summed E-state index contributed by atoms with van der Waals surface area (Å²) in [5.74, 6) is 1.06. The Labute approximate surface area is 173 Å². The molecule has 1 saturated heterocycles.